The lowest BCUT2D eigenvalue weighted by Gasteiger charge is -2.30. The lowest BCUT2D eigenvalue weighted by molar-refractivity contribution is -0.148. The SMILES string of the molecule is CCC(NC(=O)CN1CCCS1(=O)=O)(C(=O)O)c1ccccc1. The van der Waals surface area contributed by atoms with E-state index in [0.29, 0.717) is 12.0 Å². The van der Waals surface area contributed by atoms with Gasteiger partial charge in [0.05, 0.1) is 12.3 Å². The van der Waals surface area contributed by atoms with Crippen LogP contribution in [0.15, 0.2) is 30.3 Å². The Kier molecular flexibility index (Phi) is 5.06. The number of hydrogen-bond donors (Lipinski definition) is 2. The number of hydrogen-bond acceptors (Lipinski definition) is 4. The second kappa shape index (κ2) is 6.67. The van der Waals surface area contributed by atoms with Gasteiger partial charge in [-0.15, -0.1) is 0 Å². The van der Waals surface area contributed by atoms with E-state index in [9.17, 15) is 23.1 Å². The van der Waals surface area contributed by atoms with Crippen molar-refractivity contribution in [3.05, 3.63) is 35.9 Å². The molecule has 1 aromatic carbocycles. The molecule has 1 unspecified atom stereocenters. The number of carbonyl (C=O) groups excluding carboxylic acids is 1. The summed E-state index contributed by atoms with van der Waals surface area (Å²) in [6, 6.07) is 8.40. The summed E-state index contributed by atoms with van der Waals surface area (Å²) in [4.78, 5) is 24.1. The summed E-state index contributed by atoms with van der Waals surface area (Å²) in [5.74, 6) is -1.77. The minimum absolute atomic E-state index is 0.0246. The molecule has 2 rings (SSSR count). The van der Waals surface area contributed by atoms with Gasteiger partial charge in [0.1, 0.15) is 0 Å². The van der Waals surface area contributed by atoms with E-state index in [-0.39, 0.29) is 25.3 Å². The first-order valence-electron chi connectivity index (χ1n) is 7.39. The van der Waals surface area contributed by atoms with Crippen molar-refractivity contribution in [1.82, 2.24) is 9.62 Å². The smallest absolute Gasteiger partial charge is 0.334 e. The van der Waals surface area contributed by atoms with Crippen LogP contribution in [0.5, 0.6) is 0 Å². The maximum Gasteiger partial charge on any atom is 0.334 e. The molecule has 126 valence electrons. The van der Waals surface area contributed by atoms with Crippen LogP contribution < -0.4 is 5.32 Å². The van der Waals surface area contributed by atoms with E-state index in [0.717, 1.165) is 4.31 Å². The molecular formula is C15H20N2O5S. The van der Waals surface area contributed by atoms with Gasteiger partial charge in [-0.25, -0.2) is 13.2 Å². The molecule has 1 atom stereocenters. The van der Waals surface area contributed by atoms with Crippen molar-refractivity contribution in [2.24, 2.45) is 0 Å². The van der Waals surface area contributed by atoms with Gasteiger partial charge in [0, 0.05) is 6.54 Å². The molecule has 0 bridgehead atoms. The lowest BCUT2D eigenvalue weighted by atomic mass is 9.87. The van der Waals surface area contributed by atoms with Crippen LogP contribution in [0.1, 0.15) is 25.3 Å². The predicted molar refractivity (Wildman–Crippen MR) is 84.2 cm³/mol. The molecule has 1 aromatic rings. The molecule has 1 aliphatic rings. The quantitative estimate of drug-likeness (QED) is 0.786. The number of sulfonamides is 1. The topological polar surface area (TPSA) is 104 Å². The highest BCUT2D eigenvalue weighted by Crippen LogP contribution is 2.25. The summed E-state index contributed by atoms with van der Waals surface area (Å²) in [6.07, 6.45) is 0.622. The Morgan fingerprint density at radius 2 is 1.96 bits per heavy atom. The van der Waals surface area contributed by atoms with Crippen LogP contribution in [0, 0.1) is 0 Å². The van der Waals surface area contributed by atoms with Gasteiger partial charge in [-0.3, -0.25) is 4.79 Å². The summed E-state index contributed by atoms with van der Waals surface area (Å²) < 4.78 is 24.6. The van der Waals surface area contributed by atoms with Crippen molar-refractivity contribution in [2.45, 2.75) is 25.3 Å². The fourth-order valence-corrected chi connectivity index (χ4v) is 4.20. The highest BCUT2D eigenvalue weighted by molar-refractivity contribution is 7.89. The van der Waals surface area contributed by atoms with Crippen LogP contribution in [0.4, 0.5) is 0 Å². The van der Waals surface area contributed by atoms with Crippen LogP contribution in [0.25, 0.3) is 0 Å². The van der Waals surface area contributed by atoms with E-state index < -0.39 is 27.4 Å². The molecular weight excluding hydrogens is 320 g/mol. The molecule has 0 radical (unpaired) electrons. The normalized spacial score (nSPS) is 19.9. The summed E-state index contributed by atoms with van der Waals surface area (Å²) in [7, 11) is -3.40. The molecule has 7 nitrogen and oxygen atoms in total. The molecule has 1 amide bonds. The van der Waals surface area contributed by atoms with Crippen LogP contribution >= 0.6 is 0 Å². The zero-order chi connectivity index (χ0) is 17.1. The van der Waals surface area contributed by atoms with Crippen LogP contribution in [-0.4, -0.2) is 48.5 Å². The van der Waals surface area contributed by atoms with Crippen molar-refractivity contribution in [3.63, 3.8) is 0 Å². The molecule has 1 aliphatic heterocycles. The van der Waals surface area contributed by atoms with Gasteiger partial charge >= 0.3 is 5.97 Å². The molecule has 0 aliphatic carbocycles. The molecule has 1 saturated heterocycles. The second-order valence-corrected chi connectivity index (χ2v) is 7.57. The Hall–Kier alpha value is -1.93. The first-order valence-corrected chi connectivity index (χ1v) is 9.00. The molecule has 23 heavy (non-hydrogen) atoms. The van der Waals surface area contributed by atoms with Crippen LogP contribution in [0.2, 0.25) is 0 Å². The maximum absolute atomic E-state index is 12.3. The first-order chi connectivity index (χ1) is 10.8. The Balaban J connectivity index is 2.22. The van der Waals surface area contributed by atoms with Gasteiger partial charge in [-0.2, -0.15) is 4.31 Å². The van der Waals surface area contributed by atoms with Crippen molar-refractivity contribution < 1.29 is 23.1 Å². The van der Waals surface area contributed by atoms with Gasteiger partial charge in [-0.1, -0.05) is 37.3 Å². The number of benzene rings is 1. The van der Waals surface area contributed by atoms with Gasteiger partial charge in [0.25, 0.3) is 0 Å². The molecule has 0 aromatic heterocycles. The minimum atomic E-state index is -3.40. The lowest BCUT2D eigenvalue weighted by Crippen LogP contribution is -2.54. The fraction of sp³-hybridized carbons (Fsp3) is 0.467. The van der Waals surface area contributed by atoms with Crippen molar-refractivity contribution >= 4 is 21.9 Å². The standard InChI is InChI=1S/C15H20N2O5S/c1-2-15(14(19)20,12-7-4-3-5-8-12)16-13(18)11-17-9-6-10-23(17,21)22/h3-5,7-8H,2,6,9-11H2,1H3,(H,16,18)(H,19,20). The third-order valence-electron chi connectivity index (χ3n) is 4.04. The van der Waals surface area contributed by atoms with E-state index in [1.807, 2.05) is 0 Å². The van der Waals surface area contributed by atoms with E-state index in [4.69, 9.17) is 0 Å². The zero-order valence-corrected chi connectivity index (χ0v) is 13.7. The zero-order valence-electron chi connectivity index (χ0n) is 12.9. The molecule has 8 heteroatoms. The number of carboxylic acids is 1. The average molecular weight is 340 g/mol. The Morgan fingerprint density at radius 1 is 1.30 bits per heavy atom. The molecule has 2 N–H and O–H groups in total. The maximum atomic E-state index is 12.3. The van der Waals surface area contributed by atoms with E-state index >= 15 is 0 Å². The average Bonchev–Trinajstić information content (AvgIpc) is 2.84. The Morgan fingerprint density at radius 3 is 2.43 bits per heavy atom. The largest absolute Gasteiger partial charge is 0.479 e. The Labute approximate surface area is 135 Å². The Bertz CT molecular complexity index is 689. The van der Waals surface area contributed by atoms with Crippen molar-refractivity contribution in [1.29, 1.82) is 0 Å². The summed E-state index contributed by atoms with van der Waals surface area (Å²) in [5.41, 5.74) is -1.12. The van der Waals surface area contributed by atoms with Crippen molar-refractivity contribution in [3.8, 4) is 0 Å². The van der Waals surface area contributed by atoms with E-state index in [2.05, 4.69) is 5.32 Å². The fourth-order valence-electron chi connectivity index (χ4n) is 2.72. The number of nitrogens with one attached hydrogen (secondary N) is 1. The van der Waals surface area contributed by atoms with Gasteiger partial charge in [-0.05, 0) is 18.4 Å². The van der Waals surface area contributed by atoms with Crippen LogP contribution in [0.3, 0.4) is 0 Å². The predicted octanol–water partition coefficient (Wildman–Crippen LogP) is 0.528. The van der Waals surface area contributed by atoms with E-state index in [1.165, 1.54) is 0 Å². The molecule has 1 fully saturated rings. The summed E-state index contributed by atoms with van der Waals surface area (Å²) >= 11 is 0. The molecule has 1 heterocycles. The number of carbonyl (C=O) groups is 2. The minimum Gasteiger partial charge on any atom is -0.479 e. The van der Waals surface area contributed by atoms with Gasteiger partial charge in [0.2, 0.25) is 15.9 Å². The first kappa shape index (κ1) is 17.4. The van der Waals surface area contributed by atoms with E-state index in [1.54, 1.807) is 37.3 Å². The number of amides is 1. The highest BCUT2D eigenvalue weighted by Gasteiger charge is 2.41. The van der Waals surface area contributed by atoms with Gasteiger partial charge < -0.3 is 10.4 Å². The number of carboxylic acid groups (broad SMARTS) is 1. The summed E-state index contributed by atoms with van der Waals surface area (Å²) in [5, 5.41) is 12.2. The summed E-state index contributed by atoms with van der Waals surface area (Å²) in [6.45, 7) is 1.59. The third kappa shape index (κ3) is 3.53. The second-order valence-electron chi connectivity index (χ2n) is 5.48. The molecule has 0 spiro atoms. The monoisotopic (exact) mass is 340 g/mol. The number of aliphatic carboxylic acids is 1. The molecule has 0 saturated carbocycles. The third-order valence-corrected chi connectivity index (χ3v) is 5.94. The van der Waals surface area contributed by atoms with Gasteiger partial charge in [0.15, 0.2) is 5.54 Å². The van der Waals surface area contributed by atoms with Crippen LogP contribution in [-0.2, 0) is 25.2 Å². The highest BCUT2D eigenvalue weighted by atomic mass is 32.2. The number of nitrogens with zero attached hydrogens (tertiary/aromatic N) is 1. The number of rotatable bonds is 6. The van der Waals surface area contributed by atoms with Crippen molar-refractivity contribution in [2.75, 3.05) is 18.8 Å².